The fraction of sp³-hybridized carbons (Fsp3) is 0.267. The van der Waals surface area contributed by atoms with E-state index in [1.54, 1.807) is 30.3 Å². The Bertz CT molecular complexity index is 879. The van der Waals surface area contributed by atoms with Crippen LogP contribution >= 0.6 is 15.9 Å². The van der Waals surface area contributed by atoms with E-state index in [9.17, 15) is 8.42 Å². The molecule has 0 bridgehead atoms. The van der Waals surface area contributed by atoms with E-state index in [4.69, 9.17) is 5.26 Å². The summed E-state index contributed by atoms with van der Waals surface area (Å²) in [6.45, 7) is 0.932. The van der Waals surface area contributed by atoms with Crippen LogP contribution in [-0.2, 0) is 9.84 Å². The zero-order chi connectivity index (χ0) is 16.4. The zero-order valence-corrected chi connectivity index (χ0v) is 14.5. The summed E-state index contributed by atoms with van der Waals surface area (Å²) >= 11 is 3.31. The summed E-state index contributed by atoms with van der Waals surface area (Å²) in [6, 6.07) is 10.4. The number of halogens is 1. The number of nitriles is 1. The lowest BCUT2D eigenvalue weighted by Crippen LogP contribution is -2.27. The second-order valence-corrected chi connectivity index (χ2v) is 8.23. The molecule has 1 aromatic heterocycles. The van der Waals surface area contributed by atoms with Gasteiger partial charge in [0.05, 0.1) is 10.1 Å². The maximum atomic E-state index is 12.8. The van der Waals surface area contributed by atoms with Crippen LogP contribution in [0.4, 0.5) is 5.82 Å². The van der Waals surface area contributed by atoms with E-state index in [1.807, 2.05) is 11.0 Å². The molecule has 0 amide bonds. The van der Waals surface area contributed by atoms with Crippen molar-refractivity contribution in [3.05, 3.63) is 46.8 Å². The molecule has 1 aliphatic rings. The fourth-order valence-corrected chi connectivity index (χ4v) is 5.34. The van der Waals surface area contributed by atoms with Gasteiger partial charge < -0.3 is 4.90 Å². The van der Waals surface area contributed by atoms with Crippen LogP contribution in [0.15, 0.2) is 45.9 Å². The van der Waals surface area contributed by atoms with Gasteiger partial charge in [0.1, 0.15) is 11.9 Å². The van der Waals surface area contributed by atoms with Crippen molar-refractivity contribution in [3.8, 4) is 6.07 Å². The van der Waals surface area contributed by atoms with Crippen molar-refractivity contribution in [2.75, 3.05) is 18.0 Å². The van der Waals surface area contributed by atoms with Gasteiger partial charge in [0.2, 0.25) is 5.82 Å². The highest BCUT2D eigenvalue weighted by atomic mass is 79.9. The molecular weight excluding hydrogens is 380 g/mol. The minimum Gasteiger partial charge on any atom is -0.355 e. The molecule has 0 N–H and O–H groups in total. The molecule has 1 aromatic carbocycles. The SMILES string of the molecule is N#Cc1nccc(N2CCC(S(=O)(=O)c3ccccc3Br)C2)n1. The van der Waals surface area contributed by atoms with Crippen molar-refractivity contribution >= 4 is 31.6 Å². The van der Waals surface area contributed by atoms with Crippen molar-refractivity contribution in [3.63, 3.8) is 0 Å². The molecule has 1 fully saturated rings. The van der Waals surface area contributed by atoms with E-state index in [0.717, 1.165) is 0 Å². The summed E-state index contributed by atoms with van der Waals surface area (Å²) in [6.07, 6.45) is 2.03. The lowest BCUT2D eigenvalue weighted by Gasteiger charge is -2.17. The van der Waals surface area contributed by atoms with E-state index in [-0.39, 0.29) is 5.82 Å². The first-order valence-electron chi connectivity index (χ1n) is 6.99. The van der Waals surface area contributed by atoms with Crippen LogP contribution < -0.4 is 4.90 Å². The van der Waals surface area contributed by atoms with E-state index in [1.165, 1.54) is 6.20 Å². The largest absolute Gasteiger partial charge is 0.355 e. The van der Waals surface area contributed by atoms with Gasteiger partial charge in [0.25, 0.3) is 0 Å². The standard InChI is InChI=1S/C15H13BrN4O2S/c16-12-3-1-2-4-13(12)23(21,22)11-6-8-20(10-11)15-5-7-18-14(9-17)19-15/h1-5,7,11H,6,8,10H2. The molecule has 1 atom stereocenters. The van der Waals surface area contributed by atoms with Crippen LogP contribution in [-0.4, -0.2) is 36.7 Å². The van der Waals surface area contributed by atoms with E-state index in [2.05, 4.69) is 25.9 Å². The summed E-state index contributed by atoms with van der Waals surface area (Å²) in [4.78, 5) is 10.2. The first-order valence-corrected chi connectivity index (χ1v) is 9.33. The molecule has 6 nitrogen and oxygen atoms in total. The predicted molar refractivity (Wildman–Crippen MR) is 88.7 cm³/mol. The minimum atomic E-state index is -3.42. The molecule has 2 aromatic rings. The third kappa shape index (κ3) is 3.07. The molecular formula is C15H13BrN4O2S. The first-order chi connectivity index (χ1) is 11.0. The van der Waals surface area contributed by atoms with E-state index >= 15 is 0 Å². The maximum absolute atomic E-state index is 12.8. The third-order valence-electron chi connectivity index (χ3n) is 3.79. The van der Waals surface area contributed by atoms with Gasteiger partial charge in [-0.3, -0.25) is 0 Å². The zero-order valence-electron chi connectivity index (χ0n) is 12.1. The summed E-state index contributed by atoms with van der Waals surface area (Å²) in [5.41, 5.74) is 0. The molecule has 8 heteroatoms. The summed E-state index contributed by atoms with van der Waals surface area (Å²) in [5, 5.41) is 8.37. The Morgan fingerprint density at radius 1 is 1.30 bits per heavy atom. The monoisotopic (exact) mass is 392 g/mol. The number of nitrogens with zero attached hydrogens (tertiary/aromatic N) is 4. The predicted octanol–water partition coefficient (Wildman–Crippen LogP) is 2.16. The Labute approximate surface area is 142 Å². The average Bonchev–Trinajstić information content (AvgIpc) is 3.06. The number of benzene rings is 1. The van der Waals surface area contributed by atoms with Crippen molar-refractivity contribution in [2.24, 2.45) is 0 Å². The van der Waals surface area contributed by atoms with Crippen LogP contribution in [0, 0.1) is 11.3 Å². The van der Waals surface area contributed by atoms with Gasteiger partial charge in [-0.15, -0.1) is 0 Å². The van der Waals surface area contributed by atoms with Gasteiger partial charge in [-0.05, 0) is 40.5 Å². The van der Waals surface area contributed by atoms with Crippen LogP contribution in [0.5, 0.6) is 0 Å². The van der Waals surface area contributed by atoms with Gasteiger partial charge in [-0.2, -0.15) is 5.26 Å². The summed E-state index contributed by atoms with van der Waals surface area (Å²) in [5.74, 6) is 0.668. The Kier molecular flexibility index (Phi) is 4.33. The minimum absolute atomic E-state index is 0.0830. The van der Waals surface area contributed by atoms with Crippen LogP contribution in [0.1, 0.15) is 12.2 Å². The Balaban J connectivity index is 1.85. The lowest BCUT2D eigenvalue weighted by atomic mass is 10.4. The first kappa shape index (κ1) is 15.9. The average molecular weight is 393 g/mol. The molecule has 0 spiro atoms. The molecule has 23 heavy (non-hydrogen) atoms. The molecule has 1 unspecified atom stereocenters. The van der Waals surface area contributed by atoms with Gasteiger partial charge in [0, 0.05) is 23.8 Å². The smallest absolute Gasteiger partial charge is 0.234 e. The Hall–Kier alpha value is -1.98. The number of rotatable bonds is 3. The molecule has 2 heterocycles. The number of aromatic nitrogens is 2. The van der Waals surface area contributed by atoms with Crippen LogP contribution in [0.2, 0.25) is 0 Å². The van der Waals surface area contributed by atoms with Gasteiger partial charge in [-0.1, -0.05) is 12.1 Å². The highest BCUT2D eigenvalue weighted by molar-refractivity contribution is 9.10. The van der Waals surface area contributed by atoms with Crippen molar-refractivity contribution < 1.29 is 8.42 Å². The highest BCUT2D eigenvalue weighted by Gasteiger charge is 2.35. The molecule has 118 valence electrons. The fourth-order valence-electron chi connectivity index (χ4n) is 2.62. The quantitative estimate of drug-likeness (QED) is 0.795. The van der Waals surface area contributed by atoms with Crippen molar-refractivity contribution in [1.29, 1.82) is 5.26 Å². The van der Waals surface area contributed by atoms with E-state index < -0.39 is 15.1 Å². The van der Waals surface area contributed by atoms with E-state index in [0.29, 0.717) is 34.7 Å². The molecule has 1 aliphatic heterocycles. The van der Waals surface area contributed by atoms with Gasteiger partial charge >= 0.3 is 0 Å². The molecule has 1 saturated heterocycles. The van der Waals surface area contributed by atoms with Gasteiger partial charge in [0.15, 0.2) is 9.84 Å². The number of hydrogen-bond donors (Lipinski definition) is 0. The summed E-state index contributed by atoms with van der Waals surface area (Å²) in [7, 11) is -3.42. The normalized spacial score (nSPS) is 17.9. The maximum Gasteiger partial charge on any atom is 0.234 e. The van der Waals surface area contributed by atoms with Crippen molar-refractivity contribution in [2.45, 2.75) is 16.6 Å². The molecule has 0 aliphatic carbocycles. The summed E-state index contributed by atoms with van der Waals surface area (Å²) < 4.78 is 26.2. The number of hydrogen-bond acceptors (Lipinski definition) is 6. The second-order valence-electron chi connectivity index (χ2n) is 5.18. The molecule has 3 rings (SSSR count). The molecule has 0 radical (unpaired) electrons. The van der Waals surface area contributed by atoms with Crippen LogP contribution in [0.3, 0.4) is 0 Å². The number of anilines is 1. The Morgan fingerprint density at radius 3 is 2.83 bits per heavy atom. The van der Waals surface area contributed by atoms with Gasteiger partial charge in [-0.25, -0.2) is 18.4 Å². The lowest BCUT2D eigenvalue weighted by molar-refractivity contribution is 0.583. The number of sulfone groups is 1. The second kappa shape index (κ2) is 6.26. The van der Waals surface area contributed by atoms with Crippen LogP contribution in [0.25, 0.3) is 0 Å². The highest BCUT2D eigenvalue weighted by Crippen LogP contribution is 2.30. The molecule has 0 saturated carbocycles. The topological polar surface area (TPSA) is 87.0 Å². The van der Waals surface area contributed by atoms with Crippen molar-refractivity contribution in [1.82, 2.24) is 9.97 Å². The Morgan fingerprint density at radius 2 is 2.09 bits per heavy atom. The third-order valence-corrected chi connectivity index (χ3v) is 6.98.